The van der Waals surface area contributed by atoms with Crippen LogP contribution in [0.5, 0.6) is 0 Å². The summed E-state index contributed by atoms with van der Waals surface area (Å²) in [6, 6.07) is 1.47. The summed E-state index contributed by atoms with van der Waals surface area (Å²) in [7, 11) is 2.13. The van der Waals surface area contributed by atoms with E-state index in [0.717, 1.165) is 12.6 Å². The van der Waals surface area contributed by atoms with Gasteiger partial charge in [-0.1, -0.05) is 19.3 Å². The zero-order valence-electron chi connectivity index (χ0n) is 12.2. The predicted octanol–water partition coefficient (Wildman–Crippen LogP) is 2.41. The van der Waals surface area contributed by atoms with Gasteiger partial charge in [-0.3, -0.25) is 4.90 Å². The van der Waals surface area contributed by atoms with Crippen LogP contribution in [0.25, 0.3) is 0 Å². The van der Waals surface area contributed by atoms with E-state index in [-0.39, 0.29) is 0 Å². The number of likely N-dealkylation sites (N-methyl/N-ethyl adjacent to an activating group) is 1. The topological polar surface area (TPSA) is 24.5 Å². The smallest absolute Gasteiger partial charge is 0.0599 e. The van der Waals surface area contributed by atoms with Crippen molar-refractivity contribution in [1.82, 2.24) is 10.2 Å². The third kappa shape index (κ3) is 3.69. The normalized spacial score (nSPS) is 32.3. The molecule has 0 spiro atoms. The minimum Gasteiger partial charge on any atom is -0.378 e. The van der Waals surface area contributed by atoms with Crippen molar-refractivity contribution in [2.45, 2.75) is 70.1 Å². The second-order valence-corrected chi connectivity index (χ2v) is 5.79. The first-order valence-corrected chi connectivity index (χ1v) is 7.88. The van der Waals surface area contributed by atoms with E-state index in [1.807, 2.05) is 0 Å². The minimum atomic E-state index is 0.519. The first-order chi connectivity index (χ1) is 8.85. The van der Waals surface area contributed by atoms with Gasteiger partial charge in [0.05, 0.1) is 6.10 Å². The largest absolute Gasteiger partial charge is 0.378 e. The summed E-state index contributed by atoms with van der Waals surface area (Å²) in [5.74, 6) is 0. The van der Waals surface area contributed by atoms with Crippen LogP contribution >= 0.6 is 0 Å². The molecule has 2 fully saturated rings. The Labute approximate surface area is 112 Å². The molecule has 18 heavy (non-hydrogen) atoms. The molecule has 1 saturated heterocycles. The van der Waals surface area contributed by atoms with Gasteiger partial charge in [-0.2, -0.15) is 0 Å². The second kappa shape index (κ2) is 7.46. The maximum Gasteiger partial charge on any atom is 0.0599 e. The maximum atomic E-state index is 5.75. The van der Waals surface area contributed by atoms with Crippen molar-refractivity contribution in [3.63, 3.8) is 0 Å². The molecule has 1 aliphatic carbocycles. The Morgan fingerprint density at radius 1 is 1.06 bits per heavy atom. The Bertz CT molecular complexity index is 227. The number of hydrogen-bond donors (Lipinski definition) is 1. The van der Waals surface area contributed by atoms with E-state index in [0.29, 0.717) is 12.1 Å². The van der Waals surface area contributed by atoms with E-state index in [9.17, 15) is 0 Å². The number of ether oxygens (including phenoxy) is 1. The average Bonchev–Trinajstić information content (AvgIpc) is 2.65. The summed E-state index contributed by atoms with van der Waals surface area (Å²) in [6.45, 7) is 5.43. The number of nitrogens with one attached hydrogen (secondary N) is 1. The molecule has 2 aliphatic rings. The third-order valence-corrected chi connectivity index (χ3v) is 4.70. The van der Waals surface area contributed by atoms with Gasteiger partial charge in [-0.25, -0.2) is 0 Å². The van der Waals surface area contributed by atoms with Gasteiger partial charge in [0, 0.05) is 31.8 Å². The molecular formula is C15H30N2O. The molecule has 1 saturated carbocycles. The lowest BCUT2D eigenvalue weighted by molar-refractivity contribution is -0.00130. The van der Waals surface area contributed by atoms with E-state index in [1.165, 1.54) is 58.0 Å². The molecule has 2 unspecified atom stereocenters. The van der Waals surface area contributed by atoms with E-state index >= 15 is 0 Å². The number of rotatable bonds is 4. The lowest BCUT2D eigenvalue weighted by Gasteiger charge is -2.40. The summed E-state index contributed by atoms with van der Waals surface area (Å²) < 4.78 is 5.75. The summed E-state index contributed by atoms with van der Waals surface area (Å²) in [4.78, 5) is 2.72. The van der Waals surface area contributed by atoms with Gasteiger partial charge in [0.25, 0.3) is 0 Å². The molecule has 1 N–H and O–H groups in total. The zero-order valence-corrected chi connectivity index (χ0v) is 12.2. The number of nitrogens with zero attached hydrogens (tertiary/aromatic N) is 1. The Morgan fingerprint density at radius 3 is 2.44 bits per heavy atom. The van der Waals surface area contributed by atoms with Crippen molar-refractivity contribution in [3.05, 3.63) is 0 Å². The molecule has 0 aromatic carbocycles. The molecule has 0 aromatic rings. The molecule has 106 valence electrons. The van der Waals surface area contributed by atoms with Crippen LogP contribution in [0.4, 0.5) is 0 Å². The summed E-state index contributed by atoms with van der Waals surface area (Å²) in [6.07, 6.45) is 9.93. The lowest BCUT2D eigenvalue weighted by atomic mass is 9.97. The maximum absolute atomic E-state index is 5.75. The molecule has 0 aromatic heterocycles. The Morgan fingerprint density at radius 2 is 1.78 bits per heavy atom. The highest BCUT2D eigenvalue weighted by Gasteiger charge is 2.30. The van der Waals surface area contributed by atoms with Crippen molar-refractivity contribution >= 4 is 0 Å². The van der Waals surface area contributed by atoms with Gasteiger partial charge in [0.15, 0.2) is 0 Å². The Kier molecular flexibility index (Phi) is 5.93. The van der Waals surface area contributed by atoms with Gasteiger partial charge < -0.3 is 10.1 Å². The standard InChI is InChI=1S/C15H30N2O/c1-3-18-13-9-11-17(12-10-13)15-8-6-4-5-7-14(15)16-2/h13-16H,3-12H2,1-2H3. The van der Waals surface area contributed by atoms with Crippen molar-refractivity contribution in [2.75, 3.05) is 26.7 Å². The third-order valence-electron chi connectivity index (χ3n) is 4.70. The molecule has 3 nitrogen and oxygen atoms in total. The van der Waals surface area contributed by atoms with Gasteiger partial charge in [0.1, 0.15) is 0 Å². The Hall–Kier alpha value is -0.120. The van der Waals surface area contributed by atoms with Crippen LogP contribution in [-0.4, -0.2) is 49.8 Å². The highest BCUT2D eigenvalue weighted by atomic mass is 16.5. The van der Waals surface area contributed by atoms with Crippen molar-refractivity contribution in [1.29, 1.82) is 0 Å². The fraction of sp³-hybridized carbons (Fsp3) is 1.00. The first-order valence-electron chi connectivity index (χ1n) is 7.88. The quantitative estimate of drug-likeness (QED) is 0.780. The van der Waals surface area contributed by atoms with Crippen LogP contribution in [0.2, 0.25) is 0 Å². The van der Waals surface area contributed by atoms with Gasteiger partial charge in [-0.15, -0.1) is 0 Å². The van der Waals surface area contributed by atoms with Crippen molar-refractivity contribution in [2.24, 2.45) is 0 Å². The number of piperidine rings is 1. The zero-order chi connectivity index (χ0) is 12.8. The van der Waals surface area contributed by atoms with Crippen LogP contribution in [-0.2, 0) is 4.74 Å². The molecule has 3 heteroatoms. The molecule has 2 rings (SSSR count). The van der Waals surface area contributed by atoms with Crippen LogP contribution < -0.4 is 5.32 Å². The fourth-order valence-corrected chi connectivity index (χ4v) is 3.67. The van der Waals surface area contributed by atoms with Crippen molar-refractivity contribution in [3.8, 4) is 0 Å². The summed E-state index contributed by atoms with van der Waals surface area (Å²) in [5.41, 5.74) is 0. The van der Waals surface area contributed by atoms with E-state index < -0.39 is 0 Å². The van der Waals surface area contributed by atoms with E-state index in [2.05, 4.69) is 24.2 Å². The first kappa shape index (κ1) is 14.3. The molecule has 0 radical (unpaired) electrons. The highest BCUT2D eigenvalue weighted by molar-refractivity contribution is 4.88. The molecular weight excluding hydrogens is 224 g/mol. The summed E-state index contributed by atoms with van der Waals surface area (Å²) >= 11 is 0. The Balaban J connectivity index is 1.86. The lowest BCUT2D eigenvalue weighted by Crippen LogP contribution is -2.52. The monoisotopic (exact) mass is 254 g/mol. The van der Waals surface area contributed by atoms with Crippen molar-refractivity contribution < 1.29 is 4.74 Å². The van der Waals surface area contributed by atoms with Crippen LogP contribution in [0.1, 0.15) is 51.9 Å². The molecule has 2 atom stereocenters. The minimum absolute atomic E-state index is 0.519. The number of likely N-dealkylation sites (tertiary alicyclic amines) is 1. The van der Waals surface area contributed by atoms with Gasteiger partial charge in [0.2, 0.25) is 0 Å². The molecule has 1 aliphatic heterocycles. The average molecular weight is 254 g/mol. The van der Waals surface area contributed by atoms with Crippen LogP contribution in [0, 0.1) is 0 Å². The van der Waals surface area contributed by atoms with E-state index in [1.54, 1.807) is 0 Å². The predicted molar refractivity (Wildman–Crippen MR) is 75.9 cm³/mol. The van der Waals surface area contributed by atoms with Gasteiger partial charge in [-0.05, 0) is 39.7 Å². The van der Waals surface area contributed by atoms with E-state index in [4.69, 9.17) is 4.74 Å². The fourth-order valence-electron chi connectivity index (χ4n) is 3.67. The molecule has 1 heterocycles. The molecule has 0 amide bonds. The van der Waals surface area contributed by atoms with Crippen LogP contribution in [0.3, 0.4) is 0 Å². The second-order valence-electron chi connectivity index (χ2n) is 5.79. The molecule has 0 bridgehead atoms. The van der Waals surface area contributed by atoms with Gasteiger partial charge >= 0.3 is 0 Å². The highest BCUT2D eigenvalue weighted by Crippen LogP contribution is 2.25. The summed E-state index contributed by atoms with van der Waals surface area (Å²) in [5, 5.41) is 3.55. The van der Waals surface area contributed by atoms with Crippen LogP contribution in [0.15, 0.2) is 0 Å². The number of hydrogen-bond acceptors (Lipinski definition) is 3. The SMILES string of the molecule is CCOC1CCN(C2CCCCCC2NC)CC1.